The fourth-order valence-electron chi connectivity index (χ4n) is 2.68. The van der Waals surface area contributed by atoms with Crippen LogP contribution in [0, 0.1) is 5.41 Å². The van der Waals surface area contributed by atoms with E-state index in [0.29, 0.717) is 11.5 Å². The Morgan fingerprint density at radius 3 is 3.12 bits per heavy atom. The maximum Gasteiger partial charge on any atom is 0.0540 e. The monoisotopic (exact) mass is 219 g/mol. The molecule has 1 fully saturated rings. The summed E-state index contributed by atoms with van der Waals surface area (Å²) in [4.78, 5) is 0. The van der Waals surface area contributed by atoms with Gasteiger partial charge in [-0.1, -0.05) is 6.92 Å². The number of hydrogen-bond donors (Lipinski definition) is 1. The van der Waals surface area contributed by atoms with Crippen LogP contribution in [0.2, 0.25) is 0 Å². The molecule has 16 heavy (non-hydrogen) atoms. The summed E-state index contributed by atoms with van der Waals surface area (Å²) >= 11 is 0. The normalized spacial score (nSPS) is 26.5. The fraction of sp³-hybridized carbons (Fsp3) is 0.769. The van der Waals surface area contributed by atoms with Crippen LogP contribution in [0.15, 0.2) is 6.20 Å². The molecule has 0 aliphatic heterocycles. The van der Waals surface area contributed by atoms with Gasteiger partial charge in [0.2, 0.25) is 0 Å². The van der Waals surface area contributed by atoms with E-state index in [9.17, 15) is 0 Å². The highest BCUT2D eigenvalue weighted by Crippen LogP contribution is 2.44. The van der Waals surface area contributed by atoms with Crippen molar-refractivity contribution in [3.05, 3.63) is 17.5 Å². The lowest BCUT2D eigenvalue weighted by Gasteiger charge is -2.25. The van der Waals surface area contributed by atoms with Gasteiger partial charge in [0.05, 0.1) is 6.20 Å². The van der Waals surface area contributed by atoms with Crippen molar-refractivity contribution in [2.24, 2.45) is 12.5 Å². The van der Waals surface area contributed by atoms with Crippen molar-refractivity contribution in [2.45, 2.75) is 45.1 Å². The van der Waals surface area contributed by atoms with E-state index >= 15 is 0 Å². The van der Waals surface area contributed by atoms with Crippen LogP contribution >= 0.6 is 0 Å². The summed E-state index contributed by atoms with van der Waals surface area (Å²) in [6, 6.07) is 0.551. The summed E-state index contributed by atoms with van der Waals surface area (Å²) in [7, 11) is 2.06. The highest BCUT2D eigenvalue weighted by molar-refractivity contribution is 5.24. The Morgan fingerprint density at radius 2 is 2.38 bits per heavy atom. The highest BCUT2D eigenvalue weighted by atomic mass is 15.3. The summed E-state index contributed by atoms with van der Waals surface area (Å²) in [5.41, 5.74) is 3.47. The first-order chi connectivity index (χ1) is 7.68. The summed E-state index contributed by atoms with van der Waals surface area (Å²) in [6.07, 6.45) is 8.61. The van der Waals surface area contributed by atoms with Gasteiger partial charge in [0.1, 0.15) is 0 Å². The second-order valence-electron chi connectivity index (χ2n) is 5.81. The molecule has 1 aromatic rings. The molecule has 0 radical (unpaired) electrons. The van der Waals surface area contributed by atoms with Gasteiger partial charge in [-0.05, 0) is 37.5 Å². The molecule has 1 saturated carbocycles. The lowest BCUT2D eigenvalue weighted by atomic mass is 9.92. The number of rotatable bonds is 3. The number of hydrogen-bond acceptors (Lipinski definition) is 2. The second kappa shape index (κ2) is 3.59. The number of aryl methyl sites for hydroxylation is 1. The zero-order chi connectivity index (χ0) is 11.2. The van der Waals surface area contributed by atoms with E-state index in [2.05, 4.69) is 30.6 Å². The molecule has 2 aliphatic carbocycles. The minimum Gasteiger partial charge on any atom is -0.309 e. The van der Waals surface area contributed by atoms with Crippen LogP contribution in [0.1, 0.15) is 49.9 Å². The molecule has 0 amide bonds. The third kappa shape index (κ3) is 1.77. The van der Waals surface area contributed by atoms with E-state index in [-0.39, 0.29) is 0 Å². The Balaban J connectivity index is 1.72. The topological polar surface area (TPSA) is 29.9 Å². The molecule has 0 bridgehead atoms. The van der Waals surface area contributed by atoms with Gasteiger partial charge >= 0.3 is 0 Å². The van der Waals surface area contributed by atoms with E-state index in [1.807, 2.05) is 4.68 Å². The summed E-state index contributed by atoms with van der Waals surface area (Å²) in [5.74, 6) is 0. The van der Waals surface area contributed by atoms with E-state index in [1.54, 1.807) is 0 Å². The molecule has 1 unspecified atom stereocenters. The maximum absolute atomic E-state index is 4.39. The van der Waals surface area contributed by atoms with Gasteiger partial charge in [0, 0.05) is 30.9 Å². The number of fused-ring (bicyclic) bond motifs is 1. The standard InChI is InChI=1S/C13H21N3/c1-13(6-7-13)9-14-11-4-3-5-12-10(11)8-15-16(12)2/h8,11,14H,3-7,9H2,1-2H3. The van der Waals surface area contributed by atoms with E-state index in [0.717, 1.165) is 0 Å². The Morgan fingerprint density at radius 1 is 1.56 bits per heavy atom. The quantitative estimate of drug-likeness (QED) is 0.844. The lowest BCUT2D eigenvalue weighted by molar-refractivity contribution is 0.401. The van der Waals surface area contributed by atoms with Gasteiger partial charge in [-0.25, -0.2) is 0 Å². The molecule has 0 saturated heterocycles. The van der Waals surface area contributed by atoms with E-state index in [1.165, 1.54) is 49.9 Å². The highest BCUT2D eigenvalue weighted by Gasteiger charge is 2.37. The van der Waals surface area contributed by atoms with Crippen molar-refractivity contribution in [2.75, 3.05) is 6.54 Å². The van der Waals surface area contributed by atoms with Crippen molar-refractivity contribution in [3.8, 4) is 0 Å². The van der Waals surface area contributed by atoms with Crippen LogP contribution in [0.5, 0.6) is 0 Å². The molecule has 3 nitrogen and oxygen atoms in total. The van der Waals surface area contributed by atoms with Crippen LogP contribution in [-0.2, 0) is 13.5 Å². The molecule has 1 aromatic heterocycles. The van der Waals surface area contributed by atoms with Crippen molar-refractivity contribution in [3.63, 3.8) is 0 Å². The average Bonchev–Trinajstić information content (AvgIpc) is 2.90. The Bertz CT molecular complexity index is 390. The second-order valence-corrected chi connectivity index (χ2v) is 5.81. The summed E-state index contributed by atoms with van der Waals surface area (Å²) in [5, 5.41) is 8.13. The predicted molar refractivity (Wildman–Crippen MR) is 64.2 cm³/mol. The average molecular weight is 219 g/mol. The fourth-order valence-corrected chi connectivity index (χ4v) is 2.68. The third-order valence-corrected chi connectivity index (χ3v) is 4.25. The van der Waals surface area contributed by atoms with Crippen molar-refractivity contribution in [1.29, 1.82) is 0 Å². The van der Waals surface area contributed by atoms with Gasteiger partial charge in [0.15, 0.2) is 0 Å². The molecular formula is C13H21N3. The molecule has 0 aromatic carbocycles. The Kier molecular flexibility index (Phi) is 2.32. The van der Waals surface area contributed by atoms with Gasteiger partial charge in [-0.2, -0.15) is 5.10 Å². The van der Waals surface area contributed by atoms with E-state index in [4.69, 9.17) is 0 Å². The number of nitrogens with zero attached hydrogens (tertiary/aromatic N) is 2. The van der Waals surface area contributed by atoms with Crippen LogP contribution in [-0.4, -0.2) is 16.3 Å². The molecule has 3 rings (SSSR count). The predicted octanol–water partition coefficient (Wildman–Crippen LogP) is 2.19. The number of nitrogens with one attached hydrogen (secondary N) is 1. The van der Waals surface area contributed by atoms with E-state index < -0.39 is 0 Å². The van der Waals surface area contributed by atoms with Crippen molar-refractivity contribution in [1.82, 2.24) is 15.1 Å². The van der Waals surface area contributed by atoms with Crippen LogP contribution in [0.3, 0.4) is 0 Å². The van der Waals surface area contributed by atoms with Crippen LogP contribution < -0.4 is 5.32 Å². The first-order valence-electron chi connectivity index (χ1n) is 6.42. The third-order valence-electron chi connectivity index (χ3n) is 4.25. The summed E-state index contributed by atoms with van der Waals surface area (Å²) < 4.78 is 2.04. The minimum atomic E-state index is 0.551. The van der Waals surface area contributed by atoms with Gasteiger partial charge in [0.25, 0.3) is 0 Å². The zero-order valence-corrected chi connectivity index (χ0v) is 10.3. The molecule has 88 valence electrons. The summed E-state index contributed by atoms with van der Waals surface area (Å²) in [6.45, 7) is 3.55. The minimum absolute atomic E-state index is 0.551. The molecule has 2 aliphatic rings. The first-order valence-corrected chi connectivity index (χ1v) is 6.42. The van der Waals surface area contributed by atoms with Crippen molar-refractivity contribution >= 4 is 0 Å². The molecule has 0 spiro atoms. The van der Waals surface area contributed by atoms with Gasteiger partial charge < -0.3 is 5.32 Å². The van der Waals surface area contributed by atoms with Gasteiger partial charge in [-0.15, -0.1) is 0 Å². The molecule has 1 atom stereocenters. The molecule has 1 heterocycles. The zero-order valence-electron chi connectivity index (χ0n) is 10.3. The number of aromatic nitrogens is 2. The maximum atomic E-state index is 4.39. The van der Waals surface area contributed by atoms with Crippen LogP contribution in [0.25, 0.3) is 0 Å². The Hall–Kier alpha value is -0.830. The smallest absolute Gasteiger partial charge is 0.0540 e. The molecule has 3 heteroatoms. The largest absolute Gasteiger partial charge is 0.309 e. The van der Waals surface area contributed by atoms with Gasteiger partial charge in [-0.3, -0.25) is 4.68 Å². The molecular weight excluding hydrogens is 198 g/mol. The first kappa shape index (κ1) is 10.3. The van der Waals surface area contributed by atoms with Crippen molar-refractivity contribution < 1.29 is 0 Å². The lowest BCUT2D eigenvalue weighted by Crippen LogP contribution is -2.29. The van der Waals surface area contributed by atoms with Crippen LogP contribution in [0.4, 0.5) is 0 Å². The molecule has 1 N–H and O–H groups in total. The SMILES string of the molecule is Cn1ncc2c1CCCC2NCC1(C)CC1. The Labute approximate surface area is 97.2 Å².